The maximum atomic E-state index is 13.8. The molecule has 3 aromatic rings. The van der Waals surface area contributed by atoms with Crippen molar-refractivity contribution in [3.63, 3.8) is 0 Å². The van der Waals surface area contributed by atoms with Crippen LogP contribution in [0.15, 0.2) is 54.9 Å². The van der Waals surface area contributed by atoms with Crippen molar-refractivity contribution in [2.75, 3.05) is 11.9 Å². The lowest BCUT2D eigenvalue weighted by Gasteiger charge is -2.42. The summed E-state index contributed by atoms with van der Waals surface area (Å²) in [5.74, 6) is -1.57. The Hall–Kier alpha value is -3.99. The van der Waals surface area contributed by atoms with Gasteiger partial charge in [-0.1, -0.05) is 44.9 Å². The van der Waals surface area contributed by atoms with Crippen molar-refractivity contribution in [2.24, 2.45) is 5.92 Å². The Morgan fingerprint density at radius 1 is 1.26 bits per heavy atom. The Morgan fingerprint density at radius 3 is 2.71 bits per heavy atom. The Bertz CT molecular complexity index is 1230. The van der Waals surface area contributed by atoms with E-state index in [1.165, 1.54) is 12.1 Å². The van der Waals surface area contributed by atoms with Gasteiger partial charge in [0.2, 0.25) is 5.91 Å². The summed E-state index contributed by atoms with van der Waals surface area (Å²) >= 11 is 0. The highest BCUT2D eigenvalue weighted by Crippen LogP contribution is 2.43. The van der Waals surface area contributed by atoms with Crippen molar-refractivity contribution < 1.29 is 14.0 Å². The number of halogens is 1. The molecule has 0 radical (unpaired) electrons. The summed E-state index contributed by atoms with van der Waals surface area (Å²) in [6.45, 7) is 4.69. The summed E-state index contributed by atoms with van der Waals surface area (Å²) in [4.78, 5) is 29.1. The standard InChI is InChI=1S/C26H26FN5O2/c1-3-16(4-2)15-32-24(18-13-29-30-14-18)23(20-7-5-6-8-21(20)26(32)34)25(33)31-19-9-10-22(27)17(11-19)12-28/h5-11,13-14,16,23-24H,3-4,15H2,1-2H3,(H,29,30)(H,31,33)/t23-,24+/m0/s1. The van der Waals surface area contributed by atoms with Gasteiger partial charge in [-0.25, -0.2) is 4.39 Å². The third-order valence-corrected chi connectivity index (χ3v) is 6.55. The van der Waals surface area contributed by atoms with Crippen LogP contribution in [-0.2, 0) is 4.79 Å². The van der Waals surface area contributed by atoms with Crippen molar-refractivity contribution in [3.05, 3.63) is 82.9 Å². The second-order valence-electron chi connectivity index (χ2n) is 8.48. The first-order chi connectivity index (χ1) is 16.5. The lowest BCUT2D eigenvalue weighted by atomic mass is 9.79. The van der Waals surface area contributed by atoms with Crippen LogP contribution < -0.4 is 5.32 Å². The van der Waals surface area contributed by atoms with Crippen LogP contribution in [0.1, 0.15) is 65.7 Å². The number of fused-ring (bicyclic) bond motifs is 1. The van der Waals surface area contributed by atoms with Crippen LogP contribution in [0.5, 0.6) is 0 Å². The molecule has 2 N–H and O–H groups in total. The maximum Gasteiger partial charge on any atom is 0.254 e. The van der Waals surface area contributed by atoms with Gasteiger partial charge in [0.05, 0.1) is 23.7 Å². The molecule has 1 aliphatic rings. The number of hydrogen-bond acceptors (Lipinski definition) is 4. The van der Waals surface area contributed by atoms with E-state index in [0.29, 0.717) is 23.4 Å². The number of nitriles is 1. The second kappa shape index (κ2) is 9.87. The number of aromatic amines is 1. The summed E-state index contributed by atoms with van der Waals surface area (Å²) in [7, 11) is 0. The van der Waals surface area contributed by atoms with Crippen LogP contribution in [0.25, 0.3) is 0 Å². The first kappa shape index (κ1) is 23.2. The lowest BCUT2D eigenvalue weighted by Crippen LogP contribution is -2.47. The van der Waals surface area contributed by atoms with Gasteiger partial charge in [0, 0.05) is 29.6 Å². The predicted octanol–water partition coefficient (Wildman–Crippen LogP) is 4.78. The van der Waals surface area contributed by atoms with Crippen molar-refractivity contribution in [1.82, 2.24) is 15.1 Å². The fourth-order valence-electron chi connectivity index (χ4n) is 4.60. The zero-order valence-electron chi connectivity index (χ0n) is 19.1. The van der Waals surface area contributed by atoms with Gasteiger partial charge in [-0.15, -0.1) is 0 Å². The Morgan fingerprint density at radius 2 is 2.03 bits per heavy atom. The zero-order valence-corrected chi connectivity index (χ0v) is 19.1. The molecule has 1 aliphatic heterocycles. The van der Waals surface area contributed by atoms with Crippen LogP contribution in [0.4, 0.5) is 10.1 Å². The molecule has 1 aromatic heterocycles. The number of nitrogens with zero attached hydrogens (tertiary/aromatic N) is 3. The number of H-pyrrole nitrogens is 1. The molecule has 0 aliphatic carbocycles. The van der Waals surface area contributed by atoms with E-state index in [1.807, 2.05) is 0 Å². The van der Waals surface area contributed by atoms with Crippen LogP contribution >= 0.6 is 0 Å². The molecule has 0 saturated carbocycles. The fourth-order valence-corrected chi connectivity index (χ4v) is 4.60. The molecule has 0 bridgehead atoms. The van der Waals surface area contributed by atoms with E-state index in [4.69, 9.17) is 5.26 Å². The van der Waals surface area contributed by atoms with Crippen molar-refractivity contribution in [1.29, 1.82) is 5.26 Å². The number of carbonyl (C=O) groups is 2. The molecule has 0 unspecified atom stereocenters. The molecule has 0 spiro atoms. The van der Waals surface area contributed by atoms with E-state index in [-0.39, 0.29) is 23.3 Å². The average molecular weight is 460 g/mol. The minimum atomic E-state index is -0.726. The molecule has 4 rings (SSSR count). The first-order valence-electron chi connectivity index (χ1n) is 11.4. The van der Waals surface area contributed by atoms with E-state index in [1.54, 1.807) is 47.6 Å². The number of anilines is 1. The second-order valence-corrected chi connectivity index (χ2v) is 8.48. The average Bonchev–Trinajstić information content (AvgIpc) is 3.39. The van der Waals surface area contributed by atoms with Gasteiger partial charge in [-0.05, 0) is 35.7 Å². The van der Waals surface area contributed by atoms with Gasteiger partial charge >= 0.3 is 0 Å². The van der Waals surface area contributed by atoms with Crippen LogP contribution in [0, 0.1) is 23.1 Å². The molecule has 2 heterocycles. The number of amides is 2. The van der Waals surface area contributed by atoms with Crippen LogP contribution in [0.3, 0.4) is 0 Å². The molecule has 0 fully saturated rings. The summed E-state index contributed by atoms with van der Waals surface area (Å²) in [5.41, 5.74) is 2.00. The number of rotatable bonds is 7. The Labute approximate surface area is 197 Å². The van der Waals surface area contributed by atoms with Crippen LogP contribution in [-0.4, -0.2) is 33.5 Å². The molecule has 174 valence electrons. The number of nitrogens with one attached hydrogen (secondary N) is 2. The van der Waals surface area contributed by atoms with E-state index in [9.17, 15) is 14.0 Å². The van der Waals surface area contributed by atoms with Crippen molar-refractivity contribution >= 4 is 17.5 Å². The topological polar surface area (TPSA) is 102 Å². The van der Waals surface area contributed by atoms with Gasteiger partial charge in [0.15, 0.2) is 0 Å². The van der Waals surface area contributed by atoms with E-state index >= 15 is 0 Å². The summed E-state index contributed by atoms with van der Waals surface area (Å²) in [6.07, 6.45) is 5.16. The monoisotopic (exact) mass is 459 g/mol. The Kier molecular flexibility index (Phi) is 6.73. The van der Waals surface area contributed by atoms with E-state index in [0.717, 1.165) is 24.5 Å². The third-order valence-electron chi connectivity index (χ3n) is 6.55. The number of carbonyl (C=O) groups excluding carboxylic acids is 2. The normalized spacial score (nSPS) is 17.4. The molecular weight excluding hydrogens is 433 g/mol. The highest BCUT2D eigenvalue weighted by molar-refractivity contribution is 6.04. The largest absolute Gasteiger partial charge is 0.330 e. The quantitative estimate of drug-likeness (QED) is 0.531. The summed E-state index contributed by atoms with van der Waals surface area (Å²) in [5, 5.41) is 18.9. The lowest BCUT2D eigenvalue weighted by molar-refractivity contribution is -0.119. The minimum absolute atomic E-state index is 0.119. The molecule has 34 heavy (non-hydrogen) atoms. The number of benzene rings is 2. The first-order valence-corrected chi connectivity index (χ1v) is 11.4. The molecule has 2 aromatic carbocycles. The van der Waals surface area contributed by atoms with E-state index < -0.39 is 17.8 Å². The van der Waals surface area contributed by atoms with E-state index in [2.05, 4.69) is 29.4 Å². The summed E-state index contributed by atoms with van der Waals surface area (Å²) < 4.78 is 13.8. The molecule has 0 saturated heterocycles. The molecular formula is C26H26FN5O2. The number of aromatic nitrogens is 2. The van der Waals surface area contributed by atoms with Gasteiger partial charge in [-0.3, -0.25) is 14.7 Å². The van der Waals surface area contributed by atoms with Gasteiger partial charge in [-0.2, -0.15) is 10.4 Å². The van der Waals surface area contributed by atoms with Crippen molar-refractivity contribution in [2.45, 2.75) is 38.6 Å². The molecule has 7 nitrogen and oxygen atoms in total. The number of hydrogen-bond donors (Lipinski definition) is 2. The fraction of sp³-hybridized carbons (Fsp3) is 0.308. The smallest absolute Gasteiger partial charge is 0.254 e. The highest BCUT2D eigenvalue weighted by atomic mass is 19.1. The van der Waals surface area contributed by atoms with Crippen molar-refractivity contribution in [3.8, 4) is 6.07 Å². The van der Waals surface area contributed by atoms with Crippen LogP contribution in [0.2, 0.25) is 0 Å². The molecule has 8 heteroatoms. The zero-order chi connectivity index (χ0) is 24.2. The predicted molar refractivity (Wildman–Crippen MR) is 125 cm³/mol. The molecule has 2 atom stereocenters. The minimum Gasteiger partial charge on any atom is -0.330 e. The summed E-state index contributed by atoms with van der Waals surface area (Å²) in [6, 6.07) is 12.2. The highest BCUT2D eigenvalue weighted by Gasteiger charge is 2.44. The van der Waals surface area contributed by atoms with Gasteiger partial charge in [0.1, 0.15) is 11.9 Å². The molecule has 2 amide bonds. The SMILES string of the molecule is CCC(CC)CN1C(=O)c2ccccc2[C@H](C(=O)Nc2ccc(F)c(C#N)c2)[C@H]1c1cn[nH]c1. The third kappa shape index (κ3) is 4.29. The Balaban J connectivity index is 1.80. The van der Waals surface area contributed by atoms with Gasteiger partial charge < -0.3 is 10.2 Å². The maximum absolute atomic E-state index is 13.8. The van der Waals surface area contributed by atoms with Gasteiger partial charge in [0.25, 0.3) is 5.91 Å².